The highest BCUT2D eigenvalue weighted by molar-refractivity contribution is 5.87. The number of amides is 1. The van der Waals surface area contributed by atoms with Crippen LogP contribution in [0, 0.1) is 15.9 Å². The van der Waals surface area contributed by atoms with Gasteiger partial charge < -0.3 is 5.32 Å². The summed E-state index contributed by atoms with van der Waals surface area (Å²) >= 11 is 0. The highest BCUT2D eigenvalue weighted by Gasteiger charge is 2.50. The summed E-state index contributed by atoms with van der Waals surface area (Å²) in [6, 6.07) is 2.97. The van der Waals surface area contributed by atoms with Crippen LogP contribution in [0.15, 0.2) is 18.2 Å². The van der Waals surface area contributed by atoms with Crippen LogP contribution in [0.5, 0.6) is 0 Å². The second-order valence-electron chi connectivity index (χ2n) is 5.41. The molecule has 1 fully saturated rings. The van der Waals surface area contributed by atoms with Crippen LogP contribution in [0.2, 0.25) is 0 Å². The van der Waals surface area contributed by atoms with Crippen molar-refractivity contribution >= 4 is 11.6 Å². The molecule has 22 heavy (non-hydrogen) atoms. The molecule has 1 heterocycles. The first-order valence-corrected chi connectivity index (χ1v) is 6.80. The molecule has 1 amide bonds. The molecule has 0 radical (unpaired) electrons. The van der Waals surface area contributed by atoms with Crippen molar-refractivity contribution in [3.8, 4) is 0 Å². The van der Waals surface area contributed by atoms with Crippen molar-refractivity contribution in [3.05, 3.63) is 39.7 Å². The summed E-state index contributed by atoms with van der Waals surface area (Å²) in [6.45, 7) is 0.176. The third-order valence-corrected chi connectivity index (χ3v) is 4.20. The van der Waals surface area contributed by atoms with E-state index in [-0.39, 0.29) is 24.1 Å². The van der Waals surface area contributed by atoms with E-state index in [4.69, 9.17) is 0 Å². The molecule has 0 saturated carbocycles. The minimum Gasteiger partial charge on any atom is -0.344 e. The lowest BCUT2D eigenvalue weighted by Gasteiger charge is -2.42. The SMILES string of the molecule is CC[C@@]1(c2cc([N+](=O)[O-])ccc2F)CC[C@@](F)(CF)C(=O)N1. The number of nitro groups is 1. The second-order valence-corrected chi connectivity index (χ2v) is 5.41. The van der Waals surface area contributed by atoms with Crippen LogP contribution in [-0.4, -0.2) is 23.2 Å². The summed E-state index contributed by atoms with van der Waals surface area (Å²) in [4.78, 5) is 22.0. The molecule has 5 nitrogen and oxygen atoms in total. The normalized spacial score (nSPS) is 28.3. The molecular weight excluding hydrogens is 301 g/mol. The zero-order valence-corrected chi connectivity index (χ0v) is 11.9. The fourth-order valence-electron chi connectivity index (χ4n) is 2.70. The van der Waals surface area contributed by atoms with Gasteiger partial charge in [-0.25, -0.2) is 13.2 Å². The number of halogens is 3. The predicted molar refractivity (Wildman–Crippen MR) is 72.2 cm³/mol. The molecule has 8 heteroatoms. The van der Waals surface area contributed by atoms with Crippen LogP contribution < -0.4 is 5.32 Å². The van der Waals surface area contributed by atoms with Crippen molar-refractivity contribution in [1.29, 1.82) is 0 Å². The lowest BCUT2D eigenvalue weighted by Crippen LogP contribution is -2.59. The maximum atomic E-state index is 14.1. The number of nitro benzene ring substituents is 1. The Morgan fingerprint density at radius 1 is 1.41 bits per heavy atom. The maximum Gasteiger partial charge on any atom is 0.269 e. The van der Waals surface area contributed by atoms with E-state index in [1.807, 2.05) is 0 Å². The number of hydrogen-bond acceptors (Lipinski definition) is 3. The smallest absolute Gasteiger partial charge is 0.269 e. The molecule has 0 aromatic heterocycles. The number of carbonyl (C=O) groups excluding carboxylic acids is 1. The molecule has 0 spiro atoms. The number of piperidine rings is 1. The molecular formula is C14H15F3N2O3. The molecule has 1 aromatic carbocycles. The number of benzene rings is 1. The minimum atomic E-state index is -2.63. The molecule has 1 N–H and O–H groups in total. The number of nitrogens with one attached hydrogen (secondary N) is 1. The average Bonchev–Trinajstić information content (AvgIpc) is 2.50. The number of alkyl halides is 2. The van der Waals surface area contributed by atoms with E-state index >= 15 is 0 Å². The van der Waals surface area contributed by atoms with Crippen molar-refractivity contribution in [1.82, 2.24) is 5.32 Å². The summed E-state index contributed by atoms with van der Waals surface area (Å²) in [7, 11) is 0. The highest BCUT2D eigenvalue weighted by Crippen LogP contribution is 2.40. The number of carbonyl (C=O) groups is 1. The van der Waals surface area contributed by atoms with Crippen molar-refractivity contribution in [3.63, 3.8) is 0 Å². The van der Waals surface area contributed by atoms with Crippen molar-refractivity contribution in [2.75, 3.05) is 6.67 Å². The number of rotatable bonds is 4. The zero-order valence-electron chi connectivity index (χ0n) is 11.9. The topological polar surface area (TPSA) is 72.2 Å². The van der Waals surface area contributed by atoms with Crippen molar-refractivity contribution in [2.24, 2.45) is 0 Å². The van der Waals surface area contributed by atoms with Gasteiger partial charge in [-0.3, -0.25) is 14.9 Å². The van der Waals surface area contributed by atoms with Crippen LogP contribution in [0.25, 0.3) is 0 Å². The third kappa shape index (κ3) is 2.53. The van der Waals surface area contributed by atoms with Gasteiger partial charge in [0.05, 0.1) is 10.5 Å². The Bertz CT molecular complexity index is 625. The Hall–Kier alpha value is -2.12. The molecule has 120 valence electrons. The molecule has 1 aliphatic heterocycles. The van der Waals surface area contributed by atoms with Gasteiger partial charge in [-0.1, -0.05) is 6.92 Å². The lowest BCUT2D eigenvalue weighted by atomic mass is 9.76. The summed E-state index contributed by atoms with van der Waals surface area (Å²) in [5.41, 5.74) is -4.33. The van der Waals surface area contributed by atoms with Crippen LogP contribution in [0.3, 0.4) is 0 Å². The first-order chi connectivity index (χ1) is 10.3. The van der Waals surface area contributed by atoms with Crippen LogP contribution in [0.4, 0.5) is 18.9 Å². The van der Waals surface area contributed by atoms with Gasteiger partial charge in [-0.2, -0.15) is 0 Å². The van der Waals surface area contributed by atoms with E-state index in [0.717, 1.165) is 18.2 Å². The Balaban J connectivity index is 2.47. The zero-order chi connectivity index (χ0) is 16.5. The first kappa shape index (κ1) is 16.3. The molecule has 2 atom stereocenters. The maximum absolute atomic E-state index is 14.1. The van der Waals surface area contributed by atoms with E-state index in [2.05, 4.69) is 5.32 Å². The lowest BCUT2D eigenvalue weighted by molar-refractivity contribution is -0.385. The first-order valence-electron chi connectivity index (χ1n) is 6.80. The fourth-order valence-corrected chi connectivity index (χ4v) is 2.70. The van der Waals surface area contributed by atoms with E-state index in [9.17, 15) is 28.1 Å². The van der Waals surface area contributed by atoms with E-state index in [1.165, 1.54) is 0 Å². The van der Waals surface area contributed by atoms with Gasteiger partial charge in [0.15, 0.2) is 0 Å². The molecule has 1 saturated heterocycles. The van der Waals surface area contributed by atoms with Gasteiger partial charge in [0.1, 0.15) is 12.5 Å². The highest BCUT2D eigenvalue weighted by atomic mass is 19.2. The van der Waals surface area contributed by atoms with E-state index in [0.29, 0.717) is 0 Å². The van der Waals surface area contributed by atoms with Gasteiger partial charge in [-0.05, 0) is 25.3 Å². The van der Waals surface area contributed by atoms with Gasteiger partial charge in [0.2, 0.25) is 5.67 Å². The fraction of sp³-hybridized carbons (Fsp3) is 0.500. The van der Waals surface area contributed by atoms with Crippen LogP contribution in [-0.2, 0) is 10.3 Å². The third-order valence-electron chi connectivity index (χ3n) is 4.20. The molecule has 1 aliphatic rings. The number of nitrogens with zero attached hydrogens (tertiary/aromatic N) is 1. The van der Waals surface area contributed by atoms with Crippen molar-refractivity contribution < 1.29 is 22.9 Å². The van der Waals surface area contributed by atoms with Gasteiger partial charge in [-0.15, -0.1) is 0 Å². The van der Waals surface area contributed by atoms with Gasteiger partial charge in [0, 0.05) is 17.7 Å². The average molecular weight is 316 g/mol. The van der Waals surface area contributed by atoms with Gasteiger partial charge in [0.25, 0.3) is 11.6 Å². The number of non-ortho nitro benzene ring substituents is 1. The Labute approximate surface area is 124 Å². The largest absolute Gasteiger partial charge is 0.344 e. The Kier molecular flexibility index (Phi) is 4.12. The summed E-state index contributed by atoms with van der Waals surface area (Å²) < 4.78 is 40.8. The Morgan fingerprint density at radius 2 is 2.09 bits per heavy atom. The molecule has 0 bridgehead atoms. The second kappa shape index (κ2) is 5.58. The number of hydrogen-bond donors (Lipinski definition) is 1. The minimum absolute atomic E-state index is 0.0479. The summed E-state index contributed by atoms with van der Waals surface area (Å²) in [6.07, 6.45) is -0.266. The van der Waals surface area contributed by atoms with E-state index in [1.54, 1.807) is 6.92 Å². The van der Waals surface area contributed by atoms with Crippen molar-refractivity contribution in [2.45, 2.75) is 37.4 Å². The Morgan fingerprint density at radius 3 is 2.59 bits per heavy atom. The summed E-state index contributed by atoms with van der Waals surface area (Å²) in [5, 5.41) is 13.2. The molecule has 0 unspecified atom stereocenters. The van der Waals surface area contributed by atoms with Gasteiger partial charge >= 0.3 is 0 Å². The molecule has 0 aliphatic carbocycles. The predicted octanol–water partition coefficient (Wildman–Crippen LogP) is 2.93. The molecule has 2 rings (SSSR count). The summed E-state index contributed by atoms with van der Waals surface area (Å²) in [5.74, 6) is -1.90. The monoisotopic (exact) mass is 316 g/mol. The van der Waals surface area contributed by atoms with Crippen LogP contribution in [0.1, 0.15) is 31.7 Å². The quantitative estimate of drug-likeness (QED) is 0.685. The standard InChI is InChI=1S/C14H15F3N2O3/c1-2-14(6-5-13(17,8-15)12(20)18-14)10-7-9(19(21)22)3-4-11(10)16/h3-4,7H,2,5-6,8H2,1H3,(H,18,20)/t13-,14+/m1/s1. The molecule has 1 aromatic rings. The van der Waals surface area contributed by atoms with E-state index < -0.39 is 41.0 Å². The van der Waals surface area contributed by atoms with Crippen LogP contribution >= 0.6 is 0 Å².